The third kappa shape index (κ3) is 4.10. The standard InChI is InChI=1S/C18H22N2O4/c1-21-15-9-8-13(10-17(15)23-3)11-19-20-12-14-6-5-7-16(22-2)18(14)24-4/h5-10,12,19H,11H2,1-4H3/b20-12+. The van der Waals surface area contributed by atoms with Crippen molar-refractivity contribution < 1.29 is 18.9 Å². The molecule has 0 atom stereocenters. The van der Waals surface area contributed by atoms with E-state index in [0.29, 0.717) is 29.5 Å². The lowest BCUT2D eigenvalue weighted by molar-refractivity contribution is 0.354. The number of benzene rings is 2. The monoisotopic (exact) mass is 330 g/mol. The minimum absolute atomic E-state index is 0.559. The fourth-order valence-corrected chi connectivity index (χ4v) is 2.26. The number of hydrazone groups is 1. The average molecular weight is 330 g/mol. The lowest BCUT2D eigenvalue weighted by Gasteiger charge is -2.10. The van der Waals surface area contributed by atoms with Crippen molar-refractivity contribution in [1.29, 1.82) is 0 Å². The topological polar surface area (TPSA) is 61.3 Å². The molecule has 128 valence electrons. The highest BCUT2D eigenvalue weighted by molar-refractivity contribution is 5.84. The SMILES string of the molecule is COc1ccc(CN/N=C/c2cccc(OC)c2OC)cc1OC. The van der Waals surface area contributed by atoms with Crippen LogP contribution in [0.4, 0.5) is 0 Å². The van der Waals surface area contributed by atoms with Crippen LogP contribution in [0.5, 0.6) is 23.0 Å². The first-order chi connectivity index (χ1) is 11.7. The van der Waals surface area contributed by atoms with Gasteiger partial charge >= 0.3 is 0 Å². The molecule has 0 bridgehead atoms. The van der Waals surface area contributed by atoms with Crippen LogP contribution in [0.3, 0.4) is 0 Å². The van der Waals surface area contributed by atoms with Crippen LogP contribution in [0.2, 0.25) is 0 Å². The maximum absolute atomic E-state index is 5.36. The Morgan fingerprint density at radius 1 is 0.875 bits per heavy atom. The molecule has 0 heterocycles. The molecule has 0 unspecified atom stereocenters. The van der Waals surface area contributed by atoms with Gasteiger partial charge in [-0.25, -0.2) is 0 Å². The second-order valence-electron chi connectivity index (χ2n) is 4.87. The Balaban J connectivity index is 2.03. The highest BCUT2D eigenvalue weighted by Crippen LogP contribution is 2.29. The Morgan fingerprint density at radius 2 is 1.62 bits per heavy atom. The van der Waals surface area contributed by atoms with E-state index in [1.165, 1.54) is 0 Å². The summed E-state index contributed by atoms with van der Waals surface area (Å²) in [5.74, 6) is 2.71. The molecule has 0 spiro atoms. The van der Waals surface area contributed by atoms with Gasteiger partial charge in [-0.1, -0.05) is 12.1 Å². The summed E-state index contributed by atoms with van der Waals surface area (Å²) in [6, 6.07) is 11.4. The molecule has 0 aliphatic rings. The largest absolute Gasteiger partial charge is 0.493 e. The van der Waals surface area contributed by atoms with E-state index in [9.17, 15) is 0 Å². The van der Waals surface area contributed by atoms with Crippen LogP contribution in [0.1, 0.15) is 11.1 Å². The zero-order valence-electron chi connectivity index (χ0n) is 14.3. The highest BCUT2D eigenvalue weighted by Gasteiger charge is 2.07. The fraction of sp³-hybridized carbons (Fsp3) is 0.278. The van der Waals surface area contributed by atoms with E-state index in [-0.39, 0.29) is 0 Å². The van der Waals surface area contributed by atoms with Gasteiger partial charge < -0.3 is 24.4 Å². The van der Waals surface area contributed by atoms with Crippen LogP contribution >= 0.6 is 0 Å². The Hall–Kier alpha value is -2.89. The summed E-state index contributed by atoms with van der Waals surface area (Å²) >= 11 is 0. The number of rotatable bonds is 8. The molecule has 0 radical (unpaired) electrons. The Morgan fingerprint density at radius 3 is 2.29 bits per heavy atom. The van der Waals surface area contributed by atoms with E-state index in [2.05, 4.69) is 10.5 Å². The highest BCUT2D eigenvalue weighted by atomic mass is 16.5. The summed E-state index contributed by atoms with van der Waals surface area (Å²) in [6.07, 6.45) is 1.70. The van der Waals surface area contributed by atoms with Crippen molar-refractivity contribution in [2.24, 2.45) is 5.10 Å². The average Bonchev–Trinajstić information content (AvgIpc) is 2.64. The van der Waals surface area contributed by atoms with Gasteiger partial charge in [0, 0.05) is 5.56 Å². The van der Waals surface area contributed by atoms with Crippen molar-refractivity contribution in [2.45, 2.75) is 6.54 Å². The molecule has 2 rings (SSSR count). The maximum Gasteiger partial charge on any atom is 0.169 e. The van der Waals surface area contributed by atoms with Crippen LogP contribution in [0, 0.1) is 0 Å². The molecule has 0 aromatic heterocycles. The van der Waals surface area contributed by atoms with E-state index in [1.807, 2.05) is 36.4 Å². The van der Waals surface area contributed by atoms with Gasteiger partial charge in [0.1, 0.15) is 0 Å². The van der Waals surface area contributed by atoms with Crippen molar-refractivity contribution >= 4 is 6.21 Å². The molecular weight excluding hydrogens is 308 g/mol. The summed E-state index contributed by atoms with van der Waals surface area (Å²) in [4.78, 5) is 0. The molecule has 0 saturated carbocycles. The van der Waals surface area contributed by atoms with Crippen LogP contribution in [-0.4, -0.2) is 34.7 Å². The first-order valence-electron chi connectivity index (χ1n) is 7.41. The van der Waals surface area contributed by atoms with Gasteiger partial charge in [-0.2, -0.15) is 5.10 Å². The second kappa shape index (κ2) is 8.67. The van der Waals surface area contributed by atoms with Gasteiger partial charge in [0.05, 0.1) is 41.2 Å². The summed E-state index contributed by atoms with van der Waals surface area (Å²) in [7, 11) is 6.43. The van der Waals surface area contributed by atoms with E-state index >= 15 is 0 Å². The van der Waals surface area contributed by atoms with E-state index in [0.717, 1.165) is 11.1 Å². The normalized spacial score (nSPS) is 10.5. The first kappa shape index (κ1) is 17.5. The number of ether oxygens (including phenoxy) is 4. The number of methoxy groups -OCH3 is 4. The van der Waals surface area contributed by atoms with Gasteiger partial charge in [0.2, 0.25) is 0 Å². The lowest BCUT2D eigenvalue weighted by atomic mass is 10.2. The van der Waals surface area contributed by atoms with E-state index in [1.54, 1.807) is 34.7 Å². The number of nitrogens with one attached hydrogen (secondary N) is 1. The molecule has 0 aliphatic heterocycles. The van der Waals surface area contributed by atoms with Crippen LogP contribution in [-0.2, 0) is 6.54 Å². The first-order valence-corrected chi connectivity index (χ1v) is 7.41. The molecule has 2 aromatic rings. The quantitative estimate of drug-likeness (QED) is 0.596. The van der Waals surface area contributed by atoms with Gasteiger partial charge in [0.25, 0.3) is 0 Å². The third-order valence-electron chi connectivity index (χ3n) is 3.46. The van der Waals surface area contributed by atoms with Gasteiger partial charge in [0.15, 0.2) is 23.0 Å². The summed E-state index contributed by atoms with van der Waals surface area (Å²) in [5, 5.41) is 4.24. The molecule has 0 amide bonds. The maximum atomic E-state index is 5.36. The zero-order valence-corrected chi connectivity index (χ0v) is 14.3. The minimum Gasteiger partial charge on any atom is -0.493 e. The number of hydrogen-bond acceptors (Lipinski definition) is 6. The molecule has 1 N–H and O–H groups in total. The van der Waals surface area contributed by atoms with Crippen LogP contribution < -0.4 is 24.4 Å². The number of nitrogens with zero attached hydrogens (tertiary/aromatic N) is 1. The van der Waals surface area contributed by atoms with E-state index in [4.69, 9.17) is 18.9 Å². The van der Waals surface area contributed by atoms with Crippen LogP contribution in [0.15, 0.2) is 41.5 Å². The molecule has 6 heteroatoms. The van der Waals surface area contributed by atoms with E-state index < -0.39 is 0 Å². The van der Waals surface area contributed by atoms with Crippen LogP contribution in [0.25, 0.3) is 0 Å². The summed E-state index contributed by atoms with van der Waals surface area (Å²) in [6.45, 7) is 0.559. The van der Waals surface area contributed by atoms with Crippen molar-refractivity contribution in [2.75, 3.05) is 28.4 Å². The molecule has 6 nitrogen and oxygen atoms in total. The third-order valence-corrected chi connectivity index (χ3v) is 3.46. The predicted molar refractivity (Wildman–Crippen MR) is 93.5 cm³/mol. The van der Waals surface area contributed by atoms with Crippen molar-refractivity contribution in [3.63, 3.8) is 0 Å². The Bertz CT molecular complexity index is 701. The van der Waals surface area contributed by atoms with Gasteiger partial charge in [-0.05, 0) is 29.8 Å². The molecule has 0 aliphatic carbocycles. The Kier molecular flexibility index (Phi) is 6.31. The second-order valence-corrected chi connectivity index (χ2v) is 4.87. The molecule has 2 aromatic carbocycles. The zero-order chi connectivity index (χ0) is 17.4. The number of hydrogen-bond donors (Lipinski definition) is 1. The van der Waals surface area contributed by atoms with Crippen molar-refractivity contribution in [1.82, 2.24) is 5.43 Å². The number of para-hydroxylation sites is 1. The van der Waals surface area contributed by atoms with Gasteiger partial charge in [-0.15, -0.1) is 0 Å². The predicted octanol–water partition coefficient (Wildman–Crippen LogP) is 2.84. The van der Waals surface area contributed by atoms with Crippen molar-refractivity contribution in [3.05, 3.63) is 47.5 Å². The smallest absolute Gasteiger partial charge is 0.169 e. The minimum atomic E-state index is 0.559. The van der Waals surface area contributed by atoms with Gasteiger partial charge in [-0.3, -0.25) is 0 Å². The summed E-state index contributed by atoms with van der Waals surface area (Å²) in [5.41, 5.74) is 4.86. The lowest BCUT2D eigenvalue weighted by Crippen LogP contribution is -2.06. The molecule has 0 saturated heterocycles. The van der Waals surface area contributed by atoms with Crippen molar-refractivity contribution in [3.8, 4) is 23.0 Å². The fourth-order valence-electron chi connectivity index (χ4n) is 2.26. The Labute approximate surface area is 142 Å². The molecule has 24 heavy (non-hydrogen) atoms. The molecule has 0 fully saturated rings. The summed E-state index contributed by atoms with van der Waals surface area (Å²) < 4.78 is 21.1. The molecular formula is C18H22N2O4.